The molecule has 7 nitrogen and oxygen atoms in total. The minimum Gasteiger partial charge on any atom is -0.452 e. The summed E-state index contributed by atoms with van der Waals surface area (Å²) in [6, 6.07) is 11.1. The molecule has 0 spiro atoms. The number of aryl methyl sites for hydroxylation is 1. The summed E-state index contributed by atoms with van der Waals surface area (Å²) in [7, 11) is -3.79. The number of carbonyl (C=O) groups excluding carboxylic acids is 2. The monoisotopic (exact) mass is 436 g/mol. The van der Waals surface area contributed by atoms with Crippen molar-refractivity contribution in [1.29, 1.82) is 0 Å². The Kier molecular flexibility index (Phi) is 6.56. The fraction of sp³-hybridized carbons (Fsp3) is 0.300. The van der Waals surface area contributed by atoms with E-state index in [-0.39, 0.29) is 15.5 Å². The van der Waals surface area contributed by atoms with Gasteiger partial charge in [-0.3, -0.25) is 4.79 Å². The van der Waals surface area contributed by atoms with E-state index in [2.05, 4.69) is 5.32 Å². The van der Waals surface area contributed by atoms with Crippen LogP contribution in [0.5, 0.6) is 0 Å². The fourth-order valence-corrected chi connectivity index (χ4v) is 4.96. The SMILES string of the molecule is Cc1ccc(NC(=O)COC(=O)c2ccc(Cl)c(S(=O)(=O)N3CCCC3)c2)cc1. The van der Waals surface area contributed by atoms with Crippen LogP contribution < -0.4 is 5.32 Å². The number of hydrogen-bond acceptors (Lipinski definition) is 5. The van der Waals surface area contributed by atoms with Crippen molar-refractivity contribution >= 4 is 39.2 Å². The van der Waals surface area contributed by atoms with Crippen LogP contribution in [-0.2, 0) is 19.6 Å². The van der Waals surface area contributed by atoms with Gasteiger partial charge >= 0.3 is 5.97 Å². The molecule has 1 N–H and O–H groups in total. The smallest absolute Gasteiger partial charge is 0.338 e. The van der Waals surface area contributed by atoms with Crippen LogP contribution in [0.4, 0.5) is 5.69 Å². The Balaban J connectivity index is 1.66. The van der Waals surface area contributed by atoms with Crippen LogP contribution in [0.1, 0.15) is 28.8 Å². The number of carbonyl (C=O) groups is 2. The topological polar surface area (TPSA) is 92.8 Å². The summed E-state index contributed by atoms with van der Waals surface area (Å²) in [6.45, 7) is 2.28. The van der Waals surface area contributed by atoms with Crippen LogP contribution in [-0.4, -0.2) is 44.3 Å². The first-order valence-electron chi connectivity index (χ1n) is 9.11. The summed E-state index contributed by atoms with van der Waals surface area (Å²) in [4.78, 5) is 24.1. The molecular weight excluding hydrogens is 416 g/mol. The average molecular weight is 437 g/mol. The molecule has 29 heavy (non-hydrogen) atoms. The highest BCUT2D eigenvalue weighted by Gasteiger charge is 2.30. The zero-order valence-corrected chi connectivity index (χ0v) is 17.4. The molecule has 2 aromatic carbocycles. The van der Waals surface area contributed by atoms with E-state index in [0.29, 0.717) is 18.8 Å². The van der Waals surface area contributed by atoms with Crippen molar-refractivity contribution in [2.45, 2.75) is 24.7 Å². The average Bonchev–Trinajstić information content (AvgIpc) is 3.24. The van der Waals surface area contributed by atoms with Gasteiger partial charge in [0, 0.05) is 18.8 Å². The first-order valence-corrected chi connectivity index (χ1v) is 10.9. The Labute approximate surface area is 174 Å². The number of nitrogens with zero attached hydrogens (tertiary/aromatic N) is 1. The number of sulfonamides is 1. The van der Waals surface area contributed by atoms with Crippen LogP contribution in [0.25, 0.3) is 0 Å². The molecule has 0 radical (unpaired) electrons. The molecule has 9 heteroatoms. The quantitative estimate of drug-likeness (QED) is 0.702. The van der Waals surface area contributed by atoms with Gasteiger partial charge in [0.1, 0.15) is 4.90 Å². The molecule has 2 aromatic rings. The maximum atomic E-state index is 12.7. The number of halogens is 1. The van der Waals surface area contributed by atoms with Gasteiger partial charge in [0.25, 0.3) is 5.91 Å². The predicted octanol–water partition coefficient (Wildman–Crippen LogP) is 3.23. The van der Waals surface area contributed by atoms with Gasteiger partial charge in [-0.15, -0.1) is 0 Å². The maximum absolute atomic E-state index is 12.7. The summed E-state index contributed by atoms with van der Waals surface area (Å²) < 4.78 is 31.9. The lowest BCUT2D eigenvalue weighted by Gasteiger charge is -2.17. The highest BCUT2D eigenvalue weighted by atomic mass is 35.5. The minimum atomic E-state index is -3.79. The number of hydrogen-bond donors (Lipinski definition) is 1. The molecule has 1 amide bonds. The summed E-state index contributed by atoms with van der Waals surface area (Å²) in [5.41, 5.74) is 1.65. The zero-order chi connectivity index (χ0) is 21.0. The largest absolute Gasteiger partial charge is 0.452 e. The van der Waals surface area contributed by atoms with E-state index in [0.717, 1.165) is 18.4 Å². The van der Waals surface area contributed by atoms with Gasteiger partial charge in [0.15, 0.2) is 6.61 Å². The third-order valence-electron chi connectivity index (χ3n) is 4.52. The molecule has 1 heterocycles. The molecule has 1 aliphatic heterocycles. The predicted molar refractivity (Wildman–Crippen MR) is 110 cm³/mol. The zero-order valence-electron chi connectivity index (χ0n) is 15.9. The molecule has 1 saturated heterocycles. The Morgan fingerprint density at radius 3 is 2.41 bits per heavy atom. The van der Waals surface area contributed by atoms with Crippen LogP contribution in [0.2, 0.25) is 5.02 Å². The molecule has 1 fully saturated rings. The Bertz CT molecular complexity index is 1020. The van der Waals surface area contributed by atoms with Crippen molar-refractivity contribution in [3.63, 3.8) is 0 Å². The number of amides is 1. The van der Waals surface area contributed by atoms with E-state index in [9.17, 15) is 18.0 Å². The van der Waals surface area contributed by atoms with Crippen LogP contribution >= 0.6 is 11.6 Å². The molecule has 3 rings (SSSR count). The molecule has 0 atom stereocenters. The van der Waals surface area contributed by atoms with E-state index in [1.54, 1.807) is 12.1 Å². The van der Waals surface area contributed by atoms with Crippen molar-refractivity contribution < 1.29 is 22.7 Å². The van der Waals surface area contributed by atoms with E-state index < -0.39 is 28.5 Å². The van der Waals surface area contributed by atoms with Gasteiger partial charge in [0.2, 0.25) is 10.0 Å². The second kappa shape index (κ2) is 8.94. The molecule has 0 saturated carbocycles. The Hall–Kier alpha value is -2.42. The first kappa shape index (κ1) is 21.3. The van der Waals surface area contributed by atoms with Crippen molar-refractivity contribution in [3.8, 4) is 0 Å². The highest BCUT2D eigenvalue weighted by molar-refractivity contribution is 7.89. The number of benzene rings is 2. The lowest BCUT2D eigenvalue weighted by atomic mass is 10.2. The lowest BCUT2D eigenvalue weighted by Crippen LogP contribution is -2.28. The third kappa shape index (κ3) is 5.14. The summed E-state index contributed by atoms with van der Waals surface area (Å²) in [6.07, 6.45) is 1.57. The maximum Gasteiger partial charge on any atom is 0.338 e. The number of esters is 1. The molecule has 0 unspecified atom stereocenters. The normalized spacial score (nSPS) is 14.6. The number of ether oxygens (including phenoxy) is 1. The van der Waals surface area contributed by atoms with Crippen molar-refractivity contribution in [1.82, 2.24) is 4.31 Å². The fourth-order valence-electron chi connectivity index (χ4n) is 2.94. The molecule has 154 valence electrons. The molecule has 1 aliphatic rings. The lowest BCUT2D eigenvalue weighted by molar-refractivity contribution is -0.119. The first-order chi connectivity index (χ1) is 13.8. The van der Waals surface area contributed by atoms with E-state index in [1.165, 1.54) is 22.5 Å². The summed E-state index contributed by atoms with van der Waals surface area (Å²) >= 11 is 6.07. The number of anilines is 1. The molecule has 0 aromatic heterocycles. The molecular formula is C20H21ClN2O5S. The highest BCUT2D eigenvalue weighted by Crippen LogP contribution is 2.28. The van der Waals surface area contributed by atoms with Gasteiger partial charge in [-0.1, -0.05) is 29.3 Å². The van der Waals surface area contributed by atoms with Crippen molar-refractivity contribution in [2.24, 2.45) is 0 Å². The second-order valence-electron chi connectivity index (χ2n) is 6.75. The number of rotatable bonds is 6. The van der Waals surface area contributed by atoms with Gasteiger partial charge in [-0.2, -0.15) is 4.31 Å². The van der Waals surface area contributed by atoms with Gasteiger partial charge in [-0.05, 0) is 50.1 Å². The summed E-state index contributed by atoms with van der Waals surface area (Å²) in [5.74, 6) is -1.31. The van der Waals surface area contributed by atoms with E-state index >= 15 is 0 Å². The standard InChI is InChI=1S/C20H21ClN2O5S/c1-14-4-7-16(8-5-14)22-19(24)13-28-20(25)15-6-9-17(21)18(12-15)29(26,27)23-10-2-3-11-23/h4-9,12H,2-3,10-11,13H2,1H3,(H,22,24). The minimum absolute atomic E-state index is 0.00954. The summed E-state index contributed by atoms with van der Waals surface area (Å²) in [5, 5.41) is 2.65. The third-order valence-corrected chi connectivity index (χ3v) is 6.90. The second-order valence-corrected chi connectivity index (χ2v) is 9.06. The molecule has 0 bridgehead atoms. The van der Waals surface area contributed by atoms with E-state index in [1.807, 2.05) is 19.1 Å². The van der Waals surface area contributed by atoms with Crippen LogP contribution in [0, 0.1) is 6.92 Å². The van der Waals surface area contributed by atoms with Gasteiger partial charge in [-0.25, -0.2) is 13.2 Å². The number of nitrogens with one attached hydrogen (secondary N) is 1. The Morgan fingerprint density at radius 1 is 1.10 bits per heavy atom. The van der Waals surface area contributed by atoms with Crippen molar-refractivity contribution in [2.75, 3.05) is 25.0 Å². The van der Waals surface area contributed by atoms with E-state index in [4.69, 9.17) is 16.3 Å². The van der Waals surface area contributed by atoms with Crippen LogP contribution in [0.3, 0.4) is 0 Å². The van der Waals surface area contributed by atoms with Crippen LogP contribution in [0.15, 0.2) is 47.4 Å². The van der Waals surface area contributed by atoms with Gasteiger partial charge < -0.3 is 10.1 Å². The van der Waals surface area contributed by atoms with Crippen molar-refractivity contribution in [3.05, 3.63) is 58.6 Å². The molecule has 0 aliphatic carbocycles. The Morgan fingerprint density at radius 2 is 1.76 bits per heavy atom. The van der Waals surface area contributed by atoms with Gasteiger partial charge in [0.05, 0.1) is 10.6 Å².